The molecular formula is C18H19BrN2O3. The topological polar surface area (TPSA) is 81.4 Å². The van der Waals surface area contributed by atoms with Gasteiger partial charge in [0.05, 0.1) is 11.1 Å². The van der Waals surface area contributed by atoms with Crippen LogP contribution in [-0.4, -0.2) is 18.4 Å². The zero-order valence-corrected chi connectivity index (χ0v) is 14.9. The smallest absolute Gasteiger partial charge is 0.255 e. The van der Waals surface area contributed by atoms with Crippen LogP contribution in [0.5, 0.6) is 5.75 Å². The molecule has 2 amide bonds. The molecule has 0 aliphatic heterocycles. The van der Waals surface area contributed by atoms with E-state index in [0.717, 1.165) is 17.3 Å². The van der Waals surface area contributed by atoms with Crippen LogP contribution < -0.4 is 15.8 Å². The Hall–Kier alpha value is -2.34. The summed E-state index contributed by atoms with van der Waals surface area (Å²) in [6.07, 6.45) is 2.04. The highest BCUT2D eigenvalue weighted by molar-refractivity contribution is 9.10. The first-order valence-electron chi connectivity index (χ1n) is 7.65. The van der Waals surface area contributed by atoms with Crippen molar-refractivity contribution in [2.45, 2.75) is 19.8 Å². The first-order valence-corrected chi connectivity index (χ1v) is 8.44. The van der Waals surface area contributed by atoms with Gasteiger partial charge in [0, 0.05) is 16.8 Å². The van der Waals surface area contributed by atoms with Crippen LogP contribution in [0.15, 0.2) is 46.9 Å². The van der Waals surface area contributed by atoms with Gasteiger partial charge >= 0.3 is 0 Å². The number of primary amides is 1. The van der Waals surface area contributed by atoms with Crippen molar-refractivity contribution in [2.24, 2.45) is 5.73 Å². The number of hydrogen-bond donors (Lipinski definition) is 2. The van der Waals surface area contributed by atoms with Crippen LogP contribution in [0.4, 0.5) is 5.69 Å². The molecule has 5 nitrogen and oxygen atoms in total. The second-order valence-electron chi connectivity index (χ2n) is 5.24. The standard InChI is InChI=1S/C18H19BrN2O3/c1-2-3-10-24-16-9-6-13(11-15(16)19)18(23)21-14-7-4-12(5-8-14)17(20)22/h4-9,11H,2-3,10H2,1H3,(H2,20,22)(H,21,23). The molecule has 0 spiro atoms. The third kappa shape index (κ3) is 4.83. The van der Waals surface area contributed by atoms with Crippen LogP contribution in [0.25, 0.3) is 0 Å². The fourth-order valence-corrected chi connectivity index (χ4v) is 2.50. The fourth-order valence-electron chi connectivity index (χ4n) is 2.01. The maximum Gasteiger partial charge on any atom is 0.255 e. The summed E-state index contributed by atoms with van der Waals surface area (Å²) >= 11 is 3.42. The van der Waals surface area contributed by atoms with Gasteiger partial charge in [-0.1, -0.05) is 13.3 Å². The predicted octanol–water partition coefficient (Wildman–Crippen LogP) is 3.98. The first-order chi connectivity index (χ1) is 11.5. The molecule has 0 radical (unpaired) electrons. The Morgan fingerprint density at radius 1 is 1.12 bits per heavy atom. The SMILES string of the molecule is CCCCOc1ccc(C(=O)Nc2ccc(C(N)=O)cc2)cc1Br. The quantitative estimate of drug-likeness (QED) is 0.701. The summed E-state index contributed by atoms with van der Waals surface area (Å²) in [4.78, 5) is 23.3. The molecule has 0 atom stereocenters. The van der Waals surface area contributed by atoms with E-state index in [1.165, 1.54) is 0 Å². The number of amides is 2. The summed E-state index contributed by atoms with van der Waals surface area (Å²) < 4.78 is 6.38. The number of hydrogen-bond acceptors (Lipinski definition) is 3. The Kier molecular flexibility index (Phi) is 6.37. The van der Waals surface area contributed by atoms with Gasteiger partial charge in [-0.25, -0.2) is 0 Å². The van der Waals surface area contributed by atoms with Crippen LogP contribution in [0.3, 0.4) is 0 Å². The molecule has 0 saturated carbocycles. The van der Waals surface area contributed by atoms with Crippen molar-refractivity contribution in [3.8, 4) is 5.75 Å². The average Bonchev–Trinajstić information content (AvgIpc) is 2.57. The summed E-state index contributed by atoms with van der Waals surface area (Å²) in [6.45, 7) is 2.74. The van der Waals surface area contributed by atoms with Crippen molar-refractivity contribution in [1.29, 1.82) is 0 Å². The highest BCUT2D eigenvalue weighted by Gasteiger charge is 2.10. The number of carbonyl (C=O) groups is 2. The van der Waals surface area contributed by atoms with E-state index >= 15 is 0 Å². The lowest BCUT2D eigenvalue weighted by Gasteiger charge is -2.10. The number of halogens is 1. The average molecular weight is 391 g/mol. The lowest BCUT2D eigenvalue weighted by Crippen LogP contribution is -2.13. The zero-order chi connectivity index (χ0) is 17.5. The summed E-state index contributed by atoms with van der Waals surface area (Å²) in [5, 5.41) is 2.77. The van der Waals surface area contributed by atoms with E-state index in [2.05, 4.69) is 28.2 Å². The van der Waals surface area contributed by atoms with Crippen molar-refractivity contribution in [2.75, 3.05) is 11.9 Å². The highest BCUT2D eigenvalue weighted by atomic mass is 79.9. The van der Waals surface area contributed by atoms with Crippen LogP contribution in [-0.2, 0) is 0 Å². The van der Waals surface area contributed by atoms with E-state index in [1.54, 1.807) is 42.5 Å². The molecule has 24 heavy (non-hydrogen) atoms. The largest absolute Gasteiger partial charge is 0.492 e. The maximum atomic E-state index is 12.3. The number of ether oxygens (including phenoxy) is 1. The first kappa shape index (κ1) is 18.0. The summed E-state index contributed by atoms with van der Waals surface area (Å²) in [7, 11) is 0. The minimum Gasteiger partial charge on any atom is -0.492 e. The zero-order valence-electron chi connectivity index (χ0n) is 13.3. The van der Waals surface area contributed by atoms with Crippen molar-refractivity contribution >= 4 is 33.4 Å². The van der Waals surface area contributed by atoms with E-state index in [1.807, 2.05) is 0 Å². The third-order valence-electron chi connectivity index (χ3n) is 3.38. The van der Waals surface area contributed by atoms with Gasteiger partial charge in [0.25, 0.3) is 5.91 Å². The van der Waals surface area contributed by atoms with Crippen molar-refractivity contribution < 1.29 is 14.3 Å². The molecule has 0 heterocycles. The van der Waals surface area contributed by atoms with Crippen LogP contribution >= 0.6 is 15.9 Å². The Labute approximate surface area is 149 Å². The van der Waals surface area contributed by atoms with Gasteiger partial charge in [0.15, 0.2) is 0 Å². The molecule has 0 aliphatic rings. The number of benzene rings is 2. The van der Waals surface area contributed by atoms with E-state index < -0.39 is 5.91 Å². The normalized spacial score (nSPS) is 10.2. The molecule has 0 saturated heterocycles. The van der Waals surface area contributed by atoms with Crippen LogP contribution in [0.1, 0.15) is 40.5 Å². The molecule has 2 rings (SSSR count). The molecule has 126 valence electrons. The number of rotatable bonds is 7. The van der Waals surface area contributed by atoms with Gasteiger partial charge in [-0.3, -0.25) is 9.59 Å². The van der Waals surface area contributed by atoms with Crippen LogP contribution in [0, 0.1) is 0 Å². The molecule has 2 aromatic rings. The molecule has 6 heteroatoms. The molecule has 2 aromatic carbocycles. The molecule has 0 unspecified atom stereocenters. The monoisotopic (exact) mass is 390 g/mol. The predicted molar refractivity (Wildman–Crippen MR) is 97.5 cm³/mol. The van der Waals surface area contributed by atoms with Gasteiger partial charge < -0.3 is 15.8 Å². The van der Waals surface area contributed by atoms with E-state index in [9.17, 15) is 9.59 Å². The minimum atomic E-state index is -0.504. The minimum absolute atomic E-state index is 0.248. The molecule has 0 bridgehead atoms. The van der Waals surface area contributed by atoms with Crippen molar-refractivity contribution in [3.63, 3.8) is 0 Å². The van der Waals surface area contributed by atoms with E-state index in [0.29, 0.717) is 29.2 Å². The third-order valence-corrected chi connectivity index (χ3v) is 4.00. The molecule has 0 fully saturated rings. The number of carbonyl (C=O) groups excluding carboxylic acids is 2. The number of anilines is 1. The van der Waals surface area contributed by atoms with Gasteiger partial charge in [0.1, 0.15) is 5.75 Å². The summed E-state index contributed by atoms with van der Waals surface area (Å²) in [6, 6.07) is 11.6. The van der Waals surface area contributed by atoms with Crippen LogP contribution in [0.2, 0.25) is 0 Å². The summed E-state index contributed by atoms with van der Waals surface area (Å²) in [5.74, 6) is -0.0380. The second-order valence-corrected chi connectivity index (χ2v) is 6.10. The van der Waals surface area contributed by atoms with E-state index in [4.69, 9.17) is 10.5 Å². The fraction of sp³-hybridized carbons (Fsp3) is 0.222. The van der Waals surface area contributed by atoms with Crippen molar-refractivity contribution in [3.05, 3.63) is 58.1 Å². The number of nitrogens with two attached hydrogens (primary N) is 1. The molecule has 3 N–H and O–H groups in total. The van der Waals surface area contributed by atoms with Gasteiger partial charge in [0.2, 0.25) is 5.91 Å². The van der Waals surface area contributed by atoms with Gasteiger partial charge in [-0.15, -0.1) is 0 Å². The lowest BCUT2D eigenvalue weighted by molar-refractivity contribution is 0.0998. The second kappa shape index (κ2) is 8.49. The van der Waals surface area contributed by atoms with Crippen molar-refractivity contribution in [1.82, 2.24) is 0 Å². The Morgan fingerprint density at radius 2 is 1.79 bits per heavy atom. The maximum absolute atomic E-state index is 12.3. The molecular weight excluding hydrogens is 372 g/mol. The Bertz CT molecular complexity index is 730. The number of unbranched alkanes of at least 4 members (excludes halogenated alkanes) is 1. The molecule has 0 aliphatic carbocycles. The Morgan fingerprint density at radius 3 is 2.38 bits per heavy atom. The van der Waals surface area contributed by atoms with E-state index in [-0.39, 0.29) is 5.91 Å². The summed E-state index contributed by atoms with van der Waals surface area (Å²) in [5.41, 5.74) is 6.67. The highest BCUT2D eigenvalue weighted by Crippen LogP contribution is 2.26. The molecule has 0 aromatic heterocycles. The Balaban J connectivity index is 2.04. The number of nitrogens with one attached hydrogen (secondary N) is 1. The van der Waals surface area contributed by atoms with Gasteiger partial charge in [-0.2, -0.15) is 0 Å². The lowest BCUT2D eigenvalue weighted by atomic mass is 10.1. The van der Waals surface area contributed by atoms with Gasteiger partial charge in [-0.05, 0) is 64.8 Å².